The smallest absolute Gasteiger partial charge is 0.0544 e. The fraction of sp³-hybridized carbons (Fsp3) is 0.412. The molecule has 3 heterocycles. The molecule has 1 aliphatic heterocycles. The van der Waals surface area contributed by atoms with Crippen LogP contribution in [0.15, 0.2) is 85.2 Å². The number of nitrogens with zero attached hydrogens (tertiary/aromatic N) is 4. The van der Waals surface area contributed by atoms with Crippen molar-refractivity contribution in [2.75, 3.05) is 52.4 Å². The molecule has 0 saturated carbocycles. The van der Waals surface area contributed by atoms with Gasteiger partial charge in [0, 0.05) is 64.8 Å². The van der Waals surface area contributed by atoms with Gasteiger partial charge >= 0.3 is 0 Å². The lowest BCUT2D eigenvalue weighted by molar-refractivity contribution is 0.242. The van der Waals surface area contributed by atoms with E-state index in [4.69, 9.17) is 0 Å². The first-order chi connectivity index (χ1) is 20.3. The molecular weight excluding hydrogens is 506 g/mol. The molecule has 2 aromatic carbocycles. The average Bonchev–Trinajstić information content (AvgIpc) is 3.00. The van der Waals surface area contributed by atoms with Crippen molar-refractivity contribution in [2.45, 2.75) is 39.0 Å². The molecule has 41 heavy (non-hydrogen) atoms. The van der Waals surface area contributed by atoms with Crippen LogP contribution in [0, 0.1) is 0 Å². The summed E-state index contributed by atoms with van der Waals surface area (Å²) >= 11 is 0. The number of hydrogen-bond acceptors (Lipinski definition) is 7. The Balaban J connectivity index is 1.28. The van der Waals surface area contributed by atoms with Crippen molar-refractivity contribution in [3.8, 4) is 0 Å². The third kappa shape index (κ3) is 9.69. The number of hydrogen-bond donors (Lipinski definition) is 3. The van der Waals surface area contributed by atoms with Crippen LogP contribution >= 0.6 is 0 Å². The summed E-state index contributed by atoms with van der Waals surface area (Å²) in [5.41, 5.74) is 4.87. The van der Waals surface area contributed by atoms with Crippen LogP contribution in [-0.2, 0) is 26.2 Å². The van der Waals surface area contributed by atoms with E-state index >= 15 is 0 Å². The van der Waals surface area contributed by atoms with Crippen LogP contribution in [0.5, 0.6) is 0 Å². The molecule has 0 radical (unpaired) electrons. The Bertz CT molecular complexity index is 1240. The van der Waals surface area contributed by atoms with Gasteiger partial charge in [0.15, 0.2) is 0 Å². The van der Waals surface area contributed by atoms with Gasteiger partial charge in [0.1, 0.15) is 0 Å². The summed E-state index contributed by atoms with van der Waals surface area (Å²) < 4.78 is 0. The molecule has 0 amide bonds. The zero-order chi connectivity index (χ0) is 28.0. The lowest BCUT2D eigenvalue weighted by Crippen LogP contribution is -2.36. The Morgan fingerprint density at radius 1 is 0.634 bits per heavy atom. The van der Waals surface area contributed by atoms with E-state index in [1.54, 1.807) is 0 Å². The van der Waals surface area contributed by atoms with E-state index < -0.39 is 0 Å². The summed E-state index contributed by atoms with van der Waals surface area (Å²) in [5.74, 6) is 0. The Kier molecular flexibility index (Phi) is 11.6. The van der Waals surface area contributed by atoms with Crippen molar-refractivity contribution >= 4 is 10.8 Å². The zero-order valence-corrected chi connectivity index (χ0v) is 24.3. The van der Waals surface area contributed by atoms with Crippen LogP contribution in [0.4, 0.5) is 0 Å². The number of fused-ring (bicyclic) bond motifs is 1. The first-order valence-electron chi connectivity index (χ1n) is 15.2. The van der Waals surface area contributed by atoms with Gasteiger partial charge in [0.05, 0.1) is 11.4 Å². The van der Waals surface area contributed by atoms with Crippen LogP contribution in [0.3, 0.4) is 0 Å². The molecule has 2 aromatic heterocycles. The van der Waals surface area contributed by atoms with Gasteiger partial charge in [-0.1, -0.05) is 42.5 Å². The zero-order valence-electron chi connectivity index (χ0n) is 24.3. The predicted molar refractivity (Wildman–Crippen MR) is 168 cm³/mol. The molecule has 7 heteroatoms. The van der Waals surface area contributed by atoms with Crippen LogP contribution in [-0.4, -0.2) is 72.1 Å². The molecule has 0 spiro atoms. The van der Waals surface area contributed by atoms with Crippen molar-refractivity contribution in [3.05, 3.63) is 108 Å². The van der Waals surface area contributed by atoms with Gasteiger partial charge < -0.3 is 16.0 Å². The normalized spacial score (nSPS) is 16.5. The molecular formula is C34H45N7. The summed E-state index contributed by atoms with van der Waals surface area (Å²) in [6.45, 7) is 11.9. The number of nitrogens with one attached hydrogen (secondary N) is 3. The molecule has 0 aliphatic carbocycles. The second-order valence-corrected chi connectivity index (χ2v) is 11.0. The van der Waals surface area contributed by atoms with Crippen LogP contribution in [0.2, 0.25) is 0 Å². The molecule has 5 rings (SSSR count). The van der Waals surface area contributed by atoms with Crippen LogP contribution < -0.4 is 16.0 Å². The average molecular weight is 552 g/mol. The van der Waals surface area contributed by atoms with Crippen molar-refractivity contribution in [2.24, 2.45) is 0 Å². The van der Waals surface area contributed by atoms with Crippen molar-refractivity contribution in [3.63, 3.8) is 0 Å². The van der Waals surface area contributed by atoms with Gasteiger partial charge in [0.2, 0.25) is 0 Å². The quantitative estimate of drug-likeness (QED) is 0.303. The van der Waals surface area contributed by atoms with Gasteiger partial charge in [-0.3, -0.25) is 19.8 Å². The third-order valence-electron chi connectivity index (χ3n) is 7.68. The van der Waals surface area contributed by atoms with E-state index in [-0.39, 0.29) is 0 Å². The molecule has 4 aromatic rings. The fourth-order valence-electron chi connectivity index (χ4n) is 5.57. The molecule has 0 bridgehead atoms. The molecule has 1 fully saturated rings. The largest absolute Gasteiger partial charge is 0.315 e. The van der Waals surface area contributed by atoms with Crippen molar-refractivity contribution in [1.82, 2.24) is 35.7 Å². The van der Waals surface area contributed by atoms with E-state index in [9.17, 15) is 0 Å². The molecule has 1 aliphatic rings. The van der Waals surface area contributed by atoms with E-state index in [1.165, 1.54) is 28.3 Å². The highest BCUT2D eigenvalue weighted by atomic mass is 15.1. The topological polar surface area (TPSA) is 68.3 Å². The lowest BCUT2D eigenvalue weighted by atomic mass is 10.0. The SMILES string of the molecule is c1ccc(CN(Cc2ccc3c(CN4CCCNCCNCCCNCC4)cccc3c2)Cc2ccccn2)nc1. The van der Waals surface area contributed by atoms with Crippen LogP contribution in [0.25, 0.3) is 10.8 Å². The second kappa shape index (κ2) is 16.3. The molecule has 3 N–H and O–H groups in total. The Labute approximate surface area is 245 Å². The second-order valence-electron chi connectivity index (χ2n) is 11.0. The standard InChI is InChI=1S/C34H45N7/c1-3-17-38-32(10-1)27-41(28-33-11-2-4-18-39-33)25-29-12-13-34-30(24-29)8-5-9-31(34)26-40-22-7-16-36-20-19-35-14-6-15-37-21-23-40/h1-5,8-13,17-18,24,35-37H,6-7,14-16,19-23,25-28H2. The molecule has 0 atom stereocenters. The Morgan fingerprint density at radius 2 is 1.34 bits per heavy atom. The van der Waals surface area contributed by atoms with Crippen molar-refractivity contribution < 1.29 is 0 Å². The maximum atomic E-state index is 4.58. The minimum absolute atomic E-state index is 0.782. The molecule has 7 nitrogen and oxygen atoms in total. The summed E-state index contributed by atoms with van der Waals surface area (Å²) in [6, 6.07) is 26.0. The van der Waals surface area contributed by atoms with Gasteiger partial charge in [-0.2, -0.15) is 0 Å². The highest BCUT2D eigenvalue weighted by molar-refractivity contribution is 5.86. The number of aromatic nitrogens is 2. The van der Waals surface area contributed by atoms with Gasteiger partial charge in [-0.15, -0.1) is 0 Å². The monoisotopic (exact) mass is 551 g/mol. The fourth-order valence-corrected chi connectivity index (χ4v) is 5.57. The van der Waals surface area contributed by atoms with E-state index in [0.29, 0.717) is 0 Å². The van der Waals surface area contributed by atoms with Crippen molar-refractivity contribution in [1.29, 1.82) is 0 Å². The number of benzene rings is 2. The molecule has 0 unspecified atom stereocenters. The highest BCUT2D eigenvalue weighted by Gasteiger charge is 2.13. The first kappa shape index (κ1) is 29.3. The minimum Gasteiger partial charge on any atom is -0.315 e. The van der Waals surface area contributed by atoms with Gasteiger partial charge in [-0.05, 0) is 91.3 Å². The third-order valence-corrected chi connectivity index (χ3v) is 7.68. The maximum Gasteiger partial charge on any atom is 0.0544 e. The van der Waals surface area contributed by atoms with E-state index in [2.05, 4.69) is 96.4 Å². The highest BCUT2D eigenvalue weighted by Crippen LogP contribution is 2.23. The minimum atomic E-state index is 0.782. The number of rotatable bonds is 8. The summed E-state index contributed by atoms with van der Waals surface area (Å²) in [4.78, 5) is 14.2. The first-order valence-corrected chi connectivity index (χ1v) is 15.2. The van der Waals surface area contributed by atoms with Gasteiger partial charge in [-0.25, -0.2) is 0 Å². The summed E-state index contributed by atoms with van der Waals surface area (Å²) in [7, 11) is 0. The Hall–Kier alpha value is -3.20. The van der Waals surface area contributed by atoms with E-state index in [1.807, 2.05) is 24.5 Å². The summed E-state index contributed by atoms with van der Waals surface area (Å²) in [5, 5.41) is 13.4. The van der Waals surface area contributed by atoms with E-state index in [0.717, 1.165) is 96.3 Å². The maximum absolute atomic E-state index is 4.58. The van der Waals surface area contributed by atoms with Crippen LogP contribution in [0.1, 0.15) is 35.4 Å². The van der Waals surface area contributed by atoms with Gasteiger partial charge in [0.25, 0.3) is 0 Å². The molecule has 1 saturated heterocycles. The lowest BCUT2D eigenvalue weighted by Gasteiger charge is -2.24. The molecule has 216 valence electrons. The predicted octanol–water partition coefficient (Wildman–Crippen LogP) is 4.20. The summed E-state index contributed by atoms with van der Waals surface area (Å²) in [6.07, 6.45) is 6.08. The Morgan fingerprint density at radius 3 is 2.05 bits per heavy atom. The number of pyridine rings is 2.